The van der Waals surface area contributed by atoms with Crippen LogP contribution in [0.5, 0.6) is 5.75 Å². The Morgan fingerprint density at radius 3 is 2.57 bits per heavy atom. The maximum absolute atomic E-state index is 14.3. The van der Waals surface area contributed by atoms with Crippen LogP contribution in [0.3, 0.4) is 0 Å². The molecule has 1 aliphatic heterocycles. The van der Waals surface area contributed by atoms with Crippen molar-refractivity contribution >= 4 is 37.6 Å². The Morgan fingerprint density at radius 1 is 1.37 bits per heavy atom. The highest BCUT2D eigenvalue weighted by atomic mass is 79.9. The summed E-state index contributed by atoms with van der Waals surface area (Å²) in [5, 5.41) is -0.0308. The Hall–Kier alpha value is -1.41. The van der Waals surface area contributed by atoms with Crippen molar-refractivity contribution in [3.05, 3.63) is 75.5 Å². The molecule has 4 nitrogen and oxygen atoms in total. The predicted octanol–water partition coefficient (Wildman–Crippen LogP) is 5.73. The molecule has 1 N–H and O–H groups in total. The number of sulfonamides is 1. The second-order valence-electron chi connectivity index (χ2n) is 8.31. The van der Waals surface area contributed by atoms with E-state index < -0.39 is 32.2 Å². The molecule has 0 saturated carbocycles. The summed E-state index contributed by atoms with van der Waals surface area (Å²) < 4.78 is 48.9. The van der Waals surface area contributed by atoms with E-state index in [4.69, 9.17) is 16.3 Å². The maximum Gasteiger partial charge on any atom is 0.216 e. The van der Waals surface area contributed by atoms with E-state index in [-0.39, 0.29) is 5.02 Å². The van der Waals surface area contributed by atoms with Gasteiger partial charge < -0.3 is 4.74 Å². The van der Waals surface area contributed by atoms with Crippen LogP contribution in [0.25, 0.3) is 0 Å². The van der Waals surface area contributed by atoms with E-state index in [0.717, 1.165) is 5.56 Å². The molecule has 0 amide bonds. The van der Waals surface area contributed by atoms with E-state index in [1.165, 1.54) is 6.07 Å². The highest BCUT2D eigenvalue weighted by Gasteiger charge is 2.50. The van der Waals surface area contributed by atoms with Gasteiger partial charge in [-0.05, 0) is 48.7 Å². The van der Waals surface area contributed by atoms with E-state index >= 15 is 0 Å². The van der Waals surface area contributed by atoms with E-state index in [1.807, 2.05) is 30.3 Å². The molecule has 0 bridgehead atoms. The summed E-state index contributed by atoms with van der Waals surface area (Å²) in [5.41, 5.74) is 0.359. The van der Waals surface area contributed by atoms with Crippen molar-refractivity contribution in [3.63, 3.8) is 0 Å². The van der Waals surface area contributed by atoms with Crippen LogP contribution in [0.4, 0.5) is 4.39 Å². The second kappa shape index (κ2) is 8.26. The summed E-state index contributed by atoms with van der Waals surface area (Å²) in [6, 6.07) is 9.90. The average Bonchev–Trinajstić information content (AvgIpc) is 3.06. The Labute approximate surface area is 190 Å². The van der Waals surface area contributed by atoms with Gasteiger partial charge in [-0.1, -0.05) is 48.0 Å². The van der Waals surface area contributed by atoms with Crippen molar-refractivity contribution < 1.29 is 17.5 Å². The molecule has 0 radical (unpaired) electrons. The van der Waals surface area contributed by atoms with Crippen molar-refractivity contribution in [1.29, 1.82) is 0 Å². The number of nitrogens with one attached hydrogen (secondary N) is 1. The van der Waals surface area contributed by atoms with Gasteiger partial charge in [0.2, 0.25) is 10.0 Å². The van der Waals surface area contributed by atoms with Crippen LogP contribution in [0.15, 0.2) is 53.5 Å². The third kappa shape index (κ3) is 4.05. The highest BCUT2D eigenvalue weighted by molar-refractivity contribution is 9.10. The summed E-state index contributed by atoms with van der Waals surface area (Å²) in [7, 11) is -3.71. The molecule has 1 heterocycles. The number of hydrogen-bond donors (Lipinski definition) is 1. The van der Waals surface area contributed by atoms with E-state index in [0.29, 0.717) is 28.6 Å². The lowest BCUT2D eigenvalue weighted by Crippen LogP contribution is -2.56. The summed E-state index contributed by atoms with van der Waals surface area (Å²) >= 11 is 9.48. The fourth-order valence-corrected chi connectivity index (χ4v) is 5.21. The minimum absolute atomic E-state index is 0.0308. The molecule has 30 heavy (non-hydrogen) atoms. The van der Waals surface area contributed by atoms with Gasteiger partial charge in [0.1, 0.15) is 11.6 Å². The number of halogens is 3. The van der Waals surface area contributed by atoms with E-state index in [1.54, 1.807) is 26.8 Å². The first-order valence-corrected chi connectivity index (χ1v) is 12.1. The molecule has 0 fully saturated rings. The number of rotatable bonds is 6. The van der Waals surface area contributed by atoms with Crippen molar-refractivity contribution in [3.8, 4) is 5.75 Å². The summed E-state index contributed by atoms with van der Waals surface area (Å²) in [6.45, 7) is 8.69. The molecule has 8 heteroatoms. The molecular formula is C22H24BrClFNO3S. The minimum Gasteiger partial charge on any atom is -0.480 e. The Kier molecular flexibility index (Phi) is 6.41. The zero-order valence-electron chi connectivity index (χ0n) is 17.0. The molecule has 0 aromatic heterocycles. The highest BCUT2D eigenvalue weighted by Crippen LogP contribution is 2.49. The lowest BCUT2D eigenvalue weighted by molar-refractivity contribution is 0.0559. The summed E-state index contributed by atoms with van der Waals surface area (Å²) in [4.78, 5) is 0. The third-order valence-corrected chi connectivity index (χ3v) is 8.97. The van der Waals surface area contributed by atoms with Crippen LogP contribution in [-0.4, -0.2) is 19.2 Å². The first-order valence-electron chi connectivity index (χ1n) is 9.46. The van der Waals surface area contributed by atoms with Gasteiger partial charge in [-0.2, -0.15) is 0 Å². The molecular weight excluding hydrogens is 493 g/mol. The standard InChI is InChI=1S/C22H24BrClFNO3S/c1-5-9-18(26-30(27,28)21(2,3)4)22(14-10-7-6-8-11-14)13-15-17(29-22)12-16(25)20(24)19(15)23/h5-8,10-12,18,26H,1,9,13H2,2-4H3/t18-,22-/m0/s1. The smallest absolute Gasteiger partial charge is 0.216 e. The van der Waals surface area contributed by atoms with Gasteiger partial charge in [0.15, 0.2) is 5.60 Å². The van der Waals surface area contributed by atoms with Gasteiger partial charge in [0, 0.05) is 22.5 Å². The van der Waals surface area contributed by atoms with Crippen LogP contribution < -0.4 is 9.46 Å². The van der Waals surface area contributed by atoms with Crippen LogP contribution in [-0.2, 0) is 22.0 Å². The van der Waals surface area contributed by atoms with Gasteiger partial charge in [-0.25, -0.2) is 17.5 Å². The monoisotopic (exact) mass is 515 g/mol. The molecule has 1 aliphatic rings. The van der Waals surface area contributed by atoms with Gasteiger partial charge >= 0.3 is 0 Å². The van der Waals surface area contributed by atoms with Gasteiger partial charge in [0.05, 0.1) is 15.8 Å². The summed E-state index contributed by atoms with van der Waals surface area (Å²) in [5.74, 6) is -0.279. The van der Waals surface area contributed by atoms with Gasteiger partial charge in [-0.15, -0.1) is 6.58 Å². The minimum atomic E-state index is -3.71. The SMILES string of the molecule is C=CC[C@H](NS(=O)(=O)C(C)(C)C)[C@@]1(c2ccccc2)Cc2c(cc(F)c(Cl)c2Br)O1. The first kappa shape index (κ1) is 23.3. The molecule has 0 saturated heterocycles. The number of hydrogen-bond acceptors (Lipinski definition) is 3. The molecule has 2 aromatic carbocycles. The van der Waals surface area contributed by atoms with Gasteiger partial charge in [-0.3, -0.25) is 0 Å². The van der Waals surface area contributed by atoms with Gasteiger partial charge in [0.25, 0.3) is 0 Å². The van der Waals surface area contributed by atoms with Crippen LogP contribution >= 0.6 is 27.5 Å². The second-order valence-corrected chi connectivity index (χ2v) is 11.9. The topological polar surface area (TPSA) is 55.4 Å². The zero-order chi connectivity index (χ0) is 22.3. The van der Waals surface area contributed by atoms with Crippen molar-refractivity contribution in [2.75, 3.05) is 0 Å². The number of ether oxygens (including phenoxy) is 1. The Morgan fingerprint density at radius 2 is 2.00 bits per heavy atom. The third-order valence-electron chi connectivity index (χ3n) is 5.29. The molecule has 2 atom stereocenters. The van der Waals surface area contributed by atoms with E-state index in [9.17, 15) is 12.8 Å². The molecule has 3 rings (SSSR count). The largest absolute Gasteiger partial charge is 0.480 e. The van der Waals surface area contributed by atoms with Crippen molar-refractivity contribution in [2.45, 2.75) is 50.0 Å². The Bertz CT molecular complexity index is 1070. The number of benzene rings is 2. The van der Waals surface area contributed by atoms with Crippen LogP contribution in [0, 0.1) is 5.82 Å². The van der Waals surface area contributed by atoms with Crippen LogP contribution in [0.2, 0.25) is 5.02 Å². The van der Waals surface area contributed by atoms with E-state index in [2.05, 4.69) is 27.2 Å². The fourth-order valence-electron chi connectivity index (χ4n) is 3.50. The maximum atomic E-state index is 14.3. The van der Waals surface area contributed by atoms with Crippen molar-refractivity contribution in [1.82, 2.24) is 4.72 Å². The quantitative estimate of drug-likeness (QED) is 0.394. The Balaban J connectivity index is 2.18. The molecule has 0 unspecified atom stereocenters. The fraction of sp³-hybridized carbons (Fsp3) is 0.364. The van der Waals surface area contributed by atoms with Crippen LogP contribution in [0.1, 0.15) is 38.3 Å². The zero-order valence-corrected chi connectivity index (χ0v) is 20.2. The molecule has 0 aliphatic carbocycles. The summed E-state index contributed by atoms with van der Waals surface area (Å²) in [6.07, 6.45) is 2.26. The average molecular weight is 517 g/mol. The predicted molar refractivity (Wildman–Crippen MR) is 122 cm³/mol. The number of fused-ring (bicyclic) bond motifs is 1. The molecule has 2 aromatic rings. The lowest BCUT2D eigenvalue weighted by Gasteiger charge is -2.38. The first-order chi connectivity index (χ1) is 13.9. The van der Waals surface area contributed by atoms with Crippen molar-refractivity contribution in [2.24, 2.45) is 0 Å². The molecule has 0 spiro atoms. The normalized spacial score (nSPS) is 19.8. The molecule has 162 valence electrons. The lowest BCUT2D eigenvalue weighted by atomic mass is 9.81.